The van der Waals surface area contributed by atoms with Crippen LogP contribution in [0, 0.1) is 17.2 Å². The molecule has 2 aliphatic rings. The number of pyridine rings is 1. The monoisotopic (exact) mass is 258 g/mol. The lowest BCUT2D eigenvalue weighted by atomic mass is 10.1. The summed E-state index contributed by atoms with van der Waals surface area (Å²) < 4.78 is 5.18. The van der Waals surface area contributed by atoms with Gasteiger partial charge in [-0.1, -0.05) is 0 Å². The van der Waals surface area contributed by atoms with E-state index in [2.05, 4.69) is 27.9 Å². The van der Waals surface area contributed by atoms with Crippen molar-refractivity contribution in [3.05, 3.63) is 17.8 Å². The Morgan fingerprint density at radius 3 is 3.00 bits per heavy atom. The van der Waals surface area contributed by atoms with Crippen LogP contribution in [0.15, 0.2) is 12.3 Å². The van der Waals surface area contributed by atoms with Gasteiger partial charge < -0.3 is 14.5 Å². The predicted molar refractivity (Wildman–Crippen MR) is 72.2 cm³/mol. The molecule has 0 bridgehead atoms. The van der Waals surface area contributed by atoms with Crippen LogP contribution in [-0.2, 0) is 0 Å². The van der Waals surface area contributed by atoms with E-state index in [1.165, 1.54) is 13.0 Å². The molecule has 3 heterocycles. The summed E-state index contributed by atoms with van der Waals surface area (Å²) in [6.45, 7) is 3.20. The Bertz CT molecular complexity index is 525. The molecule has 2 atom stereocenters. The maximum absolute atomic E-state index is 9.34. The van der Waals surface area contributed by atoms with E-state index in [0.29, 0.717) is 17.5 Å². The average molecular weight is 258 g/mol. The highest BCUT2D eigenvalue weighted by atomic mass is 16.5. The van der Waals surface area contributed by atoms with Crippen LogP contribution in [-0.4, -0.2) is 49.7 Å². The third-order valence-corrected chi connectivity index (χ3v) is 4.37. The summed E-state index contributed by atoms with van der Waals surface area (Å²) in [7, 11) is 3.74. The van der Waals surface area contributed by atoms with Crippen molar-refractivity contribution in [2.45, 2.75) is 12.5 Å². The highest BCUT2D eigenvalue weighted by Crippen LogP contribution is 2.35. The van der Waals surface area contributed by atoms with Gasteiger partial charge in [0.1, 0.15) is 11.6 Å². The summed E-state index contributed by atoms with van der Waals surface area (Å²) in [6.07, 6.45) is 2.97. The average Bonchev–Trinajstić information content (AvgIpc) is 3.00. The van der Waals surface area contributed by atoms with Gasteiger partial charge in [0.25, 0.3) is 0 Å². The molecule has 0 aliphatic carbocycles. The molecule has 0 saturated carbocycles. The van der Waals surface area contributed by atoms with Crippen molar-refractivity contribution in [1.82, 2.24) is 9.88 Å². The number of nitriles is 1. The molecule has 1 aromatic heterocycles. The van der Waals surface area contributed by atoms with Gasteiger partial charge in [0, 0.05) is 25.3 Å². The minimum atomic E-state index is 0.422. The Morgan fingerprint density at radius 1 is 1.47 bits per heavy atom. The number of fused-ring (bicyclic) bond motifs is 1. The Balaban J connectivity index is 1.90. The van der Waals surface area contributed by atoms with Crippen LogP contribution in [0.25, 0.3) is 0 Å². The summed E-state index contributed by atoms with van der Waals surface area (Å²) in [5, 5.41) is 9.34. The van der Waals surface area contributed by atoms with E-state index in [9.17, 15) is 5.26 Å². The van der Waals surface area contributed by atoms with E-state index in [-0.39, 0.29) is 0 Å². The number of rotatable bonds is 2. The number of anilines is 1. The largest absolute Gasteiger partial charge is 0.480 e. The zero-order chi connectivity index (χ0) is 13.4. The number of hydrogen-bond donors (Lipinski definition) is 0. The molecular weight excluding hydrogens is 240 g/mol. The Labute approximate surface area is 113 Å². The first-order valence-corrected chi connectivity index (χ1v) is 6.63. The molecule has 1 aromatic rings. The van der Waals surface area contributed by atoms with E-state index in [1.807, 2.05) is 6.07 Å². The van der Waals surface area contributed by atoms with Crippen LogP contribution in [0.3, 0.4) is 0 Å². The standard InChI is InChI=1S/C14H18N4O/c1-17-6-4-10-8-18(9-13(10)17)12-3-5-16-14(19-2)11(12)7-15/h3,5,10,13H,4,6,8-9H2,1-2H3/t10-,13+/m1/s1. The molecule has 0 spiro atoms. The second-order valence-electron chi connectivity index (χ2n) is 5.33. The van der Waals surface area contributed by atoms with Crippen molar-refractivity contribution < 1.29 is 4.74 Å². The molecule has 2 aliphatic heterocycles. The molecule has 100 valence electrons. The third-order valence-electron chi connectivity index (χ3n) is 4.37. The topological polar surface area (TPSA) is 52.4 Å². The zero-order valence-corrected chi connectivity index (χ0v) is 11.3. The SMILES string of the molecule is COc1nccc(N2C[C@H]3CCN(C)[C@H]3C2)c1C#N. The summed E-state index contributed by atoms with van der Waals surface area (Å²) in [5.41, 5.74) is 1.50. The van der Waals surface area contributed by atoms with Gasteiger partial charge in [-0.05, 0) is 32.0 Å². The van der Waals surface area contributed by atoms with E-state index >= 15 is 0 Å². The first kappa shape index (κ1) is 12.2. The minimum absolute atomic E-state index is 0.422. The second kappa shape index (κ2) is 4.71. The van der Waals surface area contributed by atoms with Crippen LogP contribution >= 0.6 is 0 Å². The molecule has 0 amide bonds. The maximum Gasteiger partial charge on any atom is 0.233 e. The molecule has 0 aromatic carbocycles. The van der Waals surface area contributed by atoms with E-state index in [4.69, 9.17) is 4.74 Å². The number of hydrogen-bond acceptors (Lipinski definition) is 5. The van der Waals surface area contributed by atoms with Crippen molar-refractivity contribution in [3.63, 3.8) is 0 Å². The van der Waals surface area contributed by atoms with E-state index in [0.717, 1.165) is 24.7 Å². The number of aromatic nitrogens is 1. The highest BCUT2D eigenvalue weighted by Gasteiger charge is 2.40. The number of ether oxygens (including phenoxy) is 1. The number of methoxy groups -OCH3 is 1. The van der Waals surface area contributed by atoms with E-state index in [1.54, 1.807) is 13.3 Å². The van der Waals surface area contributed by atoms with Gasteiger partial charge in [0.05, 0.1) is 12.8 Å². The molecule has 0 radical (unpaired) electrons. The fourth-order valence-corrected chi connectivity index (χ4v) is 3.33. The van der Waals surface area contributed by atoms with Gasteiger partial charge in [0.15, 0.2) is 0 Å². The number of likely N-dealkylation sites (N-methyl/N-ethyl adjacent to an activating group) is 1. The summed E-state index contributed by atoms with van der Waals surface area (Å²) in [6, 6.07) is 4.76. The van der Waals surface area contributed by atoms with Crippen LogP contribution < -0.4 is 9.64 Å². The Morgan fingerprint density at radius 2 is 2.32 bits per heavy atom. The molecule has 5 heteroatoms. The minimum Gasteiger partial charge on any atom is -0.480 e. The molecule has 0 N–H and O–H groups in total. The van der Waals surface area contributed by atoms with Crippen molar-refractivity contribution in [1.29, 1.82) is 5.26 Å². The first-order valence-electron chi connectivity index (χ1n) is 6.63. The zero-order valence-electron chi connectivity index (χ0n) is 11.3. The van der Waals surface area contributed by atoms with Crippen molar-refractivity contribution in [2.24, 2.45) is 5.92 Å². The molecule has 0 unspecified atom stereocenters. The number of likely N-dealkylation sites (tertiary alicyclic amines) is 1. The van der Waals surface area contributed by atoms with Gasteiger partial charge in [-0.2, -0.15) is 5.26 Å². The number of nitrogens with zero attached hydrogens (tertiary/aromatic N) is 4. The summed E-state index contributed by atoms with van der Waals surface area (Å²) in [4.78, 5) is 8.83. The Hall–Kier alpha value is -1.80. The molecule has 2 fully saturated rings. The first-order chi connectivity index (χ1) is 9.24. The molecule has 5 nitrogen and oxygen atoms in total. The highest BCUT2D eigenvalue weighted by molar-refractivity contribution is 5.63. The second-order valence-corrected chi connectivity index (χ2v) is 5.33. The normalized spacial score (nSPS) is 26.3. The van der Waals surface area contributed by atoms with Crippen LogP contribution in [0.5, 0.6) is 5.88 Å². The molecule has 19 heavy (non-hydrogen) atoms. The van der Waals surface area contributed by atoms with Gasteiger partial charge in [-0.15, -0.1) is 0 Å². The summed E-state index contributed by atoms with van der Waals surface area (Å²) in [5.74, 6) is 1.14. The van der Waals surface area contributed by atoms with Crippen molar-refractivity contribution in [2.75, 3.05) is 38.7 Å². The molecule has 3 rings (SSSR count). The van der Waals surface area contributed by atoms with Gasteiger partial charge >= 0.3 is 0 Å². The van der Waals surface area contributed by atoms with Crippen molar-refractivity contribution in [3.8, 4) is 11.9 Å². The summed E-state index contributed by atoms with van der Waals surface area (Å²) >= 11 is 0. The fraction of sp³-hybridized carbons (Fsp3) is 0.571. The van der Waals surface area contributed by atoms with Gasteiger partial charge in [-0.3, -0.25) is 0 Å². The van der Waals surface area contributed by atoms with E-state index < -0.39 is 0 Å². The van der Waals surface area contributed by atoms with Crippen molar-refractivity contribution >= 4 is 5.69 Å². The van der Waals surface area contributed by atoms with Gasteiger partial charge in [-0.25, -0.2) is 4.98 Å². The molecule has 2 saturated heterocycles. The smallest absolute Gasteiger partial charge is 0.233 e. The lowest BCUT2D eigenvalue weighted by molar-refractivity contribution is 0.310. The lowest BCUT2D eigenvalue weighted by Gasteiger charge is -2.23. The van der Waals surface area contributed by atoms with Crippen LogP contribution in [0.2, 0.25) is 0 Å². The van der Waals surface area contributed by atoms with Crippen LogP contribution in [0.1, 0.15) is 12.0 Å². The molecular formula is C14H18N4O. The third kappa shape index (κ3) is 1.92. The van der Waals surface area contributed by atoms with Crippen LogP contribution in [0.4, 0.5) is 5.69 Å². The fourth-order valence-electron chi connectivity index (χ4n) is 3.33. The van der Waals surface area contributed by atoms with Gasteiger partial charge in [0.2, 0.25) is 5.88 Å². The Kier molecular flexibility index (Phi) is 3.03. The quantitative estimate of drug-likeness (QED) is 0.795. The predicted octanol–water partition coefficient (Wildman–Crippen LogP) is 1.10. The maximum atomic E-state index is 9.34. The lowest BCUT2D eigenvalue weighted by Crippen LogP contribution is -2.32.